The number of nitrogens with one attached hydrogen (secondary N) is 1. The normalized spacial score (nSPS) is 18.2. The number of nitrogens with zero attached hydrogens (tertiary/aromatic N) is 4. The molecule has 3 heterocycles. The Hall–Kier alpha value is -1.99. The molecule has 1 fully saturated rings. The first-order chi connectivity index (χ1) is 11.3. The van der Waals surface area contributed by atoms with E-state index in [9.17, 15) is 0 Å². The molecule has 1 aliphatic heterocycles. The molecule has 3 aromatic rings. The Labute approximate surface area is 142 Å². The molecule has 0 radical (unpaired) electrons. The predicted molar refractivity (Wildman–Crippen MR) is 89.8 cm³/mol. The van der Waals surface area contributed by atoms with Crippen LogP contribution in [0.5, 0.6) is 0 Å². The fraction of sp³-hybridized carbons (Fsp3) is 0.312. The lowest BCUT2D eigenvalue weighted by Gasteiger charge is -2.22. The average Bonchev–Trinajstić information content (AvgIpc) is 3.25. The maximum absolute atomic E-state index is 5.38. The lowest BCUT2D eigenvalue weighted by atomic mass is 10.1. The molecule has 1 atom stereocenters. The molecule has 1 saturated heterocycles. The second-order valence-corrected chi connectivity index (χ2v) is 6.53. The Morgan fingerprint density at radius 2 is 2.26 bits per heavy atom. The summed E-state index contributed by atoms with van der Waals surface area (Å²) in [4.78, 5) is 4.46. The summed E-state index contributed by atoms with van der Waals surface area (Å²) in [6, 6.07) is 10.1. The highest BCUT2D eigenvalue weighted by Gasteiger charge is 2.18. The van der Waals surface area contributed by atoms with Crippen molar-refractivity contribution in [2.45, 2.75) is 18.9 Å². The number of piperidine rings is 1. The Bertz CT molecular complexity index is 806. The van der Waals surface area contributed by atoms with E-state index < -0.39 is 0 Å². The van der Waals surface area contributed by atoms with Gasteiger partial charge in [-0.15, -0.1) is 0 Å². The minimum absolute atomic E-state index is 0.393. The van der Waals surface area contributed by atoms with E-state index >= 15 is 0 Å². The van der Waals surface area contributed by atoms with E-state index in [0.29, 0.717) is 23.5 Å². The number of rotatable bonds is 3. The summed E-state index contributed by atoms with van der Waals surface area (Å²) in [7, 11) is 0. The molecule has 2 aromatic heterocycles. The van der Waals surface area contributed by atoms with Gasteiger partial charge in [0.05, 0.1) is 6.04 Å². The lowest BCUT2D eigenvalue weighted by molar-refractivity contribution is 0.346. The van der Waals surface area contributed by atoms with Gasteiger partial charge < -0.3 is 9.84 Å². The third kappa shape index (κ3) is 3.07. The van der Waals surface area contributed by atoms with Gasteiger partial charge in [0.1, 0.15) is 0 Å². The van der Waals surface area contributed by atoms with Crippen LogP contribution in [0.15, 0.2) is 45.5 Å². The van der Waals surface area contributed by atoms with Crippen LogP contribution in [-0.2, 0) is 0 Å². The van der Waals surface area contributed by atoms with E-state index in [0.717, 1.165) is 29.5 Å². The molecule has 1 aromatic carbocycles. The van der Waals surface area contributed by atoms with Crippen LogP contribution < -0.4 is 5.32 Å². The molecule has 1 aliphatic rings. The van der Waals surface area contributed by atoms with Gasteiger partial charge in [-0.1, -0.05) is 33.2 Å². The Kier molecular flexibility index (Phi) is 3.97. The fourth-order valence-electron chi connectivity index (χ4n) is 2.79. The maximum atomic E-state index is 5.38. The van der Waals surface area contributed by atoms with Gasteiger partial charge in [-0.05, 0) is 37.6 Å². The van der Waals surface area contributed by atoms with Gasteiger partial charge in [0.15, 0.2) is 5.69 Å². The smallest absolute Gasteiger partial charge is 0.278 e. The van der Waals surface area contributed by atoms with E-state index in [1.807, 2.05) is 41.2 Å². The van der Waals surface area contributed by atoms with Crippen molar-refractivity contribution in [3.8, 4) is 23.0 Å². The molecule has 0 aliphatic carbocycles. The highest BCUT2D eigenvalue weighted by molar-refractivity contribution is 9.10. The van der Waals surface area contributed by atoms with Gasteiger partial charge >= 0.3 is 0 Å². The predicted octanol–water partition coefficient (Wildman–Crippen LogP) is 3.29. The van der Waals surface area contributed by atoms with Crippen molar-refractivity contribution in [3.63, 3.8) is 0 Å². The van der Waals surface area contributed by atoms with Gasteiger partial charge in [-0.25, -0.2) is 0 Å². The monoisotopic (exact) mass is 373 g/mol. The summed E-state index contributed by atoms with van der Waals surface area (Å²) in [5, 5.41) is 12.1. The fourth-order valence-corrected chi connectivity index (χ4v) is 3.19. The number of benzene rings is 1. The second-order valence-electron chi connectivity index (χ2n) is 5.61. The summed E-state index contributed by atoms with van der Waals surface area (Å²) < 4.78 is 8.35. The molecule has 7 heteroatoms. The van der Waals surface area contributed by atoms with Crippen molar-refractivity contribution in [1.29, 1.82) is 0 Å². The van der Waals surface area contributed by atoms with Crippen molar-refractivity contribution in [3.05, 3.63) is 41.0 Å². The summed E-state index contributed by atoms with van der Waals surface area (Å²) in [6.07, 6.45) is 4.30. The molecule has 0 amide bonds. The molecule has 118 valence electrons. The molecule has 4 rings (SSSR count). The van der Waals surface area contributed by atoms with Crippen molar-refractivity contribution >= 4 is 15.9 Å². The zero-order valence-electron chi connectivity index (χ0n) is 12.4. The van der Waals surface area contributed by atoms with Crippen LogP contribution in [0.3, 0.4) is 0 Å². The minimum atomic E-state index is 0.393. The Morgan fingerprint density at radius 3 is 3.09 bits per heavy atom. The summed E-state index contributed by atoms with van der Waals surface area (Å²) >= 11 is 3.45. The summed E-state index contributed by atoms with van der Waals surface area (Å²) in [6.45, 7) is 2.04. The molecule has 1 unspecified atom stereocenters. The van der Waals surface area contributed by atoms with Crippen LogP contribution in [0.4, 0.5) is 0 Å². The van der Waals surface area contributed by atoms with Crippen LogP contribution >= 0.6 is 15.9 Å². The first kappa shape index (κ1) is 14.6. The number of aromatic nitrogens is 4. The minimum Gasteiger partial charge on any atom is -0.332 e. The molecule has 0 saturated carbocycles. The standard InChI is InChI=1S/C16H16BrN5O/c17-12-4-1-3-11(9-12)15-19-16(23-21-15)14-6-8-22(20-14)13-5-2-7-18-10-13/h1,3-4,6,8-9,13,18H,2,5,7,10H2. The van der Waals surface area contributed by atoms with Gasteiger partial charge in [-0.2, -0.15) is 10.1 Å². The van der Waals surface area contributed by atoms with Crippen molar-refractivity contribution < 1.29 is 4.52 Å². The molecule has 23 heavy (non-hydrogen) atoms. The highest BCUT2D eigenvalue weighted by atomic mass is 79.9. The first-order valence-electron chi connectivity index (χ1n) is 7.65. The maximum Gasteiger partial charge on any atom is 0.278 e. The van der Waals surface area contributed by atoms with E-state index in [1.54, 1.807) is 0 Å². The number of hydrogen-bond acceptors (Lipinski definition) is 5. The number of hydrogen-bond donors (Lipinski definition) is 1. The topological polar surface area (TPSA) is 68.8 Å². The summed E-state index contributed by atoms with van der Waals surface area (Å²) in [5.41, 5.74) is 1.62. The quantitative estimate of drug-likeness (QED) is 0.762. The molecule has 0 bridgehead atoms. The van der Waals surface area contributed by atoms with Crippen molar-refractivity contribution in [2.75, 3.05) is 13.1 Å². The van der Waals surface area contributed by atoms with Crippen LogP contribution in [0.1, 0.15) is 18.9 Å². The Morgan fingerprint density at radius 1 is 1.30 bits per heavy atom. The SMILES string of the molecule is Brc1cccc(-c2noc(-c3ccn(C4CCCNC4)n3)n2)c1. The Balaban J connectivity index is 1.58. The molecular formula is C16H16BrN5O. The molecule has 1 N–H and O–H groups in total. The van der Waals surface area contributed by atoms with E-state index in [1.165, 1.54) is 6.42 Å². The van der Waals surface area contributed by atoms with Crippen molar-refractivity contribution in [1.82, 2.24) is 25.2 Å². The van der Waals surface area contributed by atoms with Crippen LogP contribution in [0, 0.1) is 0 Å². The van der Waals surface area contributed by atoms with E-state index in [-0.39, 0.29) is 0 Å². The van der Waals surface area contributed by atoms with E-state index in [2.05, 4.69) is 36.5 Å². The third-order valence-corrected chi connectivity index (χ3v) is 4.47. The third-order valence-electron chi connectivity index (χ3n) is 3.98. The summed E-state index contributed by atoms with van der Waals surface area (Å²) in [5.74, 6) is 1.01. The van der Waals surface area contributed by atoms with Gasteiger partial charge in [0.2, 0.25) is 5.82 Å². The highest BCUT2D eigenvalue weighted by Crippen LogP contribution is 2.24. The molecule has 6 nitrogen and oxygen atoms in total. The van der Waals surface area contributed by atoms with Crippen LogP contribution in [0.2, 0.25) is 0 Å². The average molecular weight is 374 g/mol. The van der Waals surface area contributed by atoms with E-state index in [4.69, 9.17) is 4.52 Å². The molecule has 0 spiro atoms. The van der Waals surface area contributed by atoms with Gasteiger partial charge in [-0.3, -0.25) is 4.68 Å². The zero-order valence-corrected chi connectivity index (χ0v) is 14.0. The second kappa shape index (κ2) is 6.25. The van der Waals surface area contributed by atoms with Crippen LogP contribution in [-0.4, -0.2) is 33.0 Å². The number of halogens is 1. The largest absolute Gasteiger partial charge is 0.332 e. The molecular weight excluding hydrogens is 358 g/mol. The lowest BCUT2D eigenvalue weighted by Crippen LogP contribution is -2.31. The zero-order chi connectivity index (χ0) is 15.6. The van der Waals surface area contributed by atoms with Gasteiger partial charge in [0.25, 0.3) is 5.89 Å². The van der Waals surface area contributed by atoms with Crippen molar-refractivity contribution in [2.24, 2.45) is 0 Å². The van der Waals surface area contributed by atoms with Gasteiger partial charge in [0, 0.05) is 22.8 Å². The first-order valence-corrected chi connectivity index (χ1v) is 8.45. The van der Waals surface area contributed by atoms with Crippen LogP contribution in [0.25, 0.3) is 23.0 Å².